The lowest BCUT2D eigenvalue weighted by molar-refractivity contribution is -0.132. The first-order valence-electron chi connectivity index (χ1n) is 12.3. The number of fused-ring (bicyclic) bond motifs is 2. The Morgan fingerprint density at radius 1 is 1.00 bits per heavy atom. The van der Waals surface area contributed by atoms with Crippen LogP contribution in [0.25, 0.3) is 32.8 Å². The summed E-state index contributed by atoms with van der Waals surface area (Å²) in [5, 5.41) is 5.93. The number of anilines is 1. The summed E-state index contributed by atoms with van der Waals surface area (Å²) < 4.78 is 48.4. The monoisotopic (exact) mass is 527 g/mol. The molecule has 2 aliphatic rings. The van der Waals surface area contributed by atoms with Crippen molar-refractivity contribution in [1.82, 2.24) is 20.2 Å². The fourth-order valence-corrected chi connectivity index (χ4v) is 5.36. The Labute approximate surface area is 217 Å². The maximum atomic E-state index is 16.3. The van der Waals surface area contributed by atoms with Crippen molar-refractivity contribution in [2.45, 2.75) is 5.92 Å². The molecule has 2 aliphatic heterocycles. The average molecular weight is 528 g/mol. The second-order valence-electron chi connectivity index (χ2n) is 9.45. The van der Waals surface area contributed by atoms with Crippen LogP contribution in [0.2, 0.25) is 5.02 Å². The molecule has 10 heteroatoms. The van der Waals surface area contributed by atoms with Crippen molar-refractivity contribution >= 4 is 39.1 Å². The van der Waals surface area contributed by atoms with Crippen molar-refractivity contribution in [2.24, 2.45) is 0 Å². The molecule has 1 aromatic heterocycles. The van der Waals surface area contributed by atoms with E-state index < -0.39 is 11.7 Å². The van der Waals surface area contributed by atoms with Crippen LogP contribution in [-0.4, -0.2) is 73.2 Å². The number of likely N-dealkylation sites (tertiary alicyclic amines) is 1. The van der Waals surface area contributed by atoms with Gasteiger partial charge in [-0.15, -0.1) is 0 Å². The largest absolute Gasteiger partial charge is 0.462 e. The zero-order valence-electron chi connectivity index (χ0n) is 20.0. The lowest BCUT2D eigenvalue weighted by Gasteiger charge is -2.38. The molecular weight excluding hydrogens is 503 g/mol. The zero-order chi connectivity index (χ0) is 25.6. The molecule has 0 spiro atoms. The average Bonchev–Trinajstić information content (AvgIpc) is 2.88. The first-order valence-corrected chi connectivity index (χ1v) is 12.6. The van der Waals surface area contributed by atoms with Gasteiger partial charge in [0.2, 0.25) is 0 Å². The van der Waals surface area contributed by atoms with Crippen LogP contribution in [-0.2, 0) is 0 Å². The molecule has 192 valence electrons. The van der Waals surface area contributed by atoms with Crippen LogP contribution in [0, 0.1) is 5.82 Å². The first kappa shape index (κ1) is 24.2. The molecule has 0 amide bonds. The number of benzene rings is 3. The summed E-state index contributed by atoms with van der Waals surface area (Å²) in [6.45, 7) is 2.73. The Kier molecular flexibility index (Phi) is 6.30. The fraction of sp³-hybridized carbons (Fsp3) is 0.333. The zero-order valence-corrected chi connectivity index (χ0v) is 20.7. The van der Waals surface area contributed by atoms with E-state index >= 15 is 4.39 Å². The van der Waals surface area contributed by atoms with Gasteiger partial charge < -0.3 is 15.0 Å². The van der Waals surface area contributed by atoms with E-state index in [4.69, 9.17) is 16.3 Å². The van der Waals surface area contributed by atoms with Gasteiger partial charge in [0.05, 0.1) is 18.1 Å². The Morgan fingerprint density at radius 2 is 1.76 bits per heavy atom. The first-order chi connectivity index (χ1) is 17.9. The number of aromatic nitrogens is 2. The number of nitrogens with zero attached hydrogens (tertiary/aromatic N) is 4. The van der Waals surface area contributed by atoms with Gasteiger partial charge in [-0.25, -0.2) is 13.2 Å². The maximum Gasteiger partial charge on any atom is 0.319 e. The Bertz CT molecular complexity index is 1460. The number of hydrogen-bond donors (Lipinski definition) is 1. The Balaban J connectivity index is 1.43. The van der Waals surface area contributed by atoms with E-state index in [1.54, 1.807) is 11.0 Å². The molecule has 0 bridgehead atoms. The number of hydrogen-bond acceptors (Lipinski definition) is 6. The highest BCUT2D eigenvalue weighted by Gasteiger charge is 2.43. The van der Waals surface area contributed by atoms with Crippen molar-refractivity contribution in [2.75, 3.05) is 57.3 Å². The minimum atomic E-state index is -2.64. The lowest BCUT2D eigenvalue weighted by Crippen LogP contribution is -2.57. The number of alkyl halides is 2. The van der Waals surface area contributed by atoms with Crippen LogP contribution in [0.15, 0.2) is 48.5 Å². The smallest absolute Gasteiger partial charge is 0.319 e. The highest BCUT2D eigenvalue weighted by Crippen LogP contribution is 2.41. The van der Waals surface area contributed by atoms with E-state index in [2.05, 4.69) is 20.2 Å². The van der Waals surface area contributed by atoms with Gasteiger partial charge in [0.25, 0.3) is 5.92 Å². The second kappa shape index (κ2) is 9.63. The van der Waals surface area contributed by atoms with Crippen molar-refractivity contribution in [1.29, 1.82) is 0 Å². The summed E-state index contributed by atoms with van der Waals surface area (Å²) in [5.41, 5.74) is 1.05. The molecule has 3 aromatic carbocycles. The molecule has 0 aliphatic carbocycles. The number of nitrogens with one attached hydrogen (secondary N) is 1. The molecule has 2 saturated heterocycles. The minimum Gasteiger partial charge on any atom is -0.462 e. The fourth-order valence-electron chi connectivity index (χ4n) is 5.06. The van der Waals surface area contributed by atoms with Crippen LogP contribution < -0.4 is 15.0 Å². The van der Waals surface area contributed by atoms with Crippen LogP contribution in [0.5, 0.6) is 6.01 Å². The highest BCUT2D eigenvalue weighted by molar-refractivity contribution is 6.35. The van der Waals surface area contributed by atoms with E-state index in [1.807, 2.05) is 42.5 Å². The van der Waals surface area contributed by atoms with Crippen molar-refractivity contribution in [3.05, 3.63) is 59.4 Å². The van der Waals surface area contributed by atoms with Gasteiger partial charge >= 0.3 is 6.01 Å². The molecule has 4 aromatic rings. The van der Waals surface area contributed by atoms with E-state index in [0.717, 1.165) is 23.9 Å². The SMILES string of the molecule is Fc1c(-c2cccc3ccccc23)c(Cl)cc2c(N3CCNCC3)nc(OCCN3CC(F)(F)C3)nc12. The quantitative estimate of drug-likeness (QED) is 0.382. The molecule has 2 fully saturated rings. The predicted octanol–water partition coefficient (Wildman–Crippen LogP) is 4.98. The summed E-state index contributed by atoms with van der Waals surface area (Å²) in [4.78, 5) is 12.7. The third kappa shape index (κ3) is 4.67. The van der Waals surface area contributed by atoms with Gasteiger partial charge in [0.15, 0.2) is 5.82 Å². The summed E-state index contributed by atoms with van der Waals surface area (Å²) in [5.74, 6) is -2.65. The molecule has 0 saturated carbocycles. The Hall–Kier alpha value is -3.14. The van der Waals surface area contributed by atoms with Crippen molar-refractivity contribution in [3.8, 4) is 17.1 Å². The normalized spacial score (nSPS) is 17.8. The molecule has 6 rings (SSSR count). The van der Waals surface area contributed by atoms with E-state index in [-0.39, 0.29) is 41.8 Å². The third-order valence-electron chi connectivity index (χ3n) is 6.87. The van der Waals surface area contributed by atoms with E-state index in [1.165, 1.54) is 0 Å². The second-order valence-corrected chi connectivity index (χ2v) is 9.86. The molecule has 0 atom stereocenters. The van der Waals surface area contributed by atoms with Gasteiger partial charge in [-0.3, -0.25) is 4.90 Å². The molecule has 0 radical (unpaired) electrons. The standard InChI is InChI=1S/C27H25ClF3N5O/c28-21-14-20-24(23(29)22(21)19-7-3-5-17-4-1-2-6-18(17)19)33-26(34-25(20)36-10-8-32-9-11-36)37-13-12-35-15-27(30,31)16-35/h1-7,14,32H,8-13,15-16H2. The molecule has 37 heavy (non-hydrogen) atoms. The van der Waals surface area contributed by atoms with Gasteiger partial charge in [0, 0.05) is 43.7 Å². The molecular formula is C27H25ClF3N5O. The minimum absolute atomic E-state index is 0.0124. The van der Waals surface area contributed by atoms with Crippen LogP contribution in [0.4, 0.5) is 19.0 Å². The lowest BCUT2D eigenvalue weighted by atomic mass is 9.96. The number of halogens is 4. The highest BCUT2D eigenvalue weighted by atomic mass is 35.5. The maximum absolute atomic E-state index is 16.3. The number of ether oxygens (including phenoxy) is 1. The van der Waals surface area contributed by atoms with Crippen LogP contribution in [0.3, 0.4) is 0 Å². The van der Waals surface area contributed by atoms with Crippen LogP contribution >= 0.6 is 11.6 Å². The van der Waals surface area contributed by atoms with Gasteiger partial charge in [-0.2, -0.15) is 9.97 Å². The van der Waals surface area contributed by atoms with Gasteiger partial charge in [-0.1, -0.05) is 54.1 Å². The van der Waals surface area contributed by atoms with Gasteiger partial charge in [0.1, 0.15) is 17.9 Å². The summed E-state index contributed by atoms with van der Waals surface area (Å²) in [6, 6.07) is 15.2. The van der Waals surface area contributed by atoms with Crippen molar-refractivity contribution < 1.29 is 17.9 Å². The van der Waals surface area contributed by atoms with Gasteiger partial charge in [-0.05, 0) is 22.4 Å². The van der Waals surface area contributed by atoms with Crippen molar-refractivity contribution in [3.63, 3.8) is 0 Å². The number of piperazine rings is 1. The topological polar surface area (TPSA) is 53.5 Å². The van der Waals surface area contributed by atoms with E-state index in [9.17, 15) is 8.78 Å². The molecule has 0 unspecified atom stereocenters. The summed E-state index contributed by atoms with van der Waals surface area (Å²) in [7, 11) is 0. The third-order valence-corrected chi connectivity index (χ3v) is 7.16. The predicted molar refractivity (Wildman–Crippen MR) is 139 cm³/mol. The molecule has 3 heterocycles. The Morgan fingerprint density at radius 3 is 2.54 bits per heavy atom. The molecule has 6 nitrogen and oxygen atoms in total. The molecule has 1 N–H and O–H groups in total. The van der Waals surface area contributed by atoms with Crippen LogP contribution in [0.1, 0.15) is 0 Å². The number of rotatable bonds is 6. The summed E-state index contributed by atoms with van der Waals surface area (Å²) in [6.07, 6.45) is 0. The van der Waals surface area contributed by atoms with E-state index in [0.29, 0.717) is 36.4 Å². The summed E-state index contributed by atoms with van der Waals surface area (Å²) >= 11 is 6.73.